The van der Waals surface area contributed by atoms with E-state index >= 15 is 0 Å². The lowest BCUT2D eigenvalue weighted by atomic mass is 10.2. The molecule has 2 aromatic heterocycles. The van der Waals surface area contributed by atoms with Gasteiger partial charge in [-0.1, -0.05) is 13.8 Å². The van der Waals surface area contributed by atoms with Gasteiger partial charge < -0.3 is 5.32 Å². The van der Waals surface area contributed by atoms with Crippen LogP contribution in [0.3, 0.4) is 0 Å². The number of nitrogens with zero attached hydrogens (tertiary/aromatic N) is 3. The van der Waals surface area contributed by atoms with Crippen LogP contribution in [0.1, 0.15) is 35.5 Å². The van der Waals surface area contributed by atoms with Gasteiger partial charge >= 0.3 is 0 Å². The van der Waals surface area contributed by atoms with Gasteiger partial charge in [0.25, 0.3) is 0 Å². The molecule has 0 aliphatic heterocycles. The second-order valence-electron chi connectivity index (χ2n) is 3.81. The molecule has 6 heteroatoms. The quantitative estimate of drug-likeness (QED) is 0.911. The van der Waals surface area contributed by atoms with Crippen molar-refractivity contribution in [2.75, 3.05) is 5.32 Å². The first-order valence-electron chi connectivity index (χ1n) is 5.14. The normalized spacial score (nSPS) is 11.0. The molecule has 0 bridgehead atoms. The minimum Gasteiger partial charge on any atom is -0.354 e. The summed E-state index contributed by atoms with van der Waals surface area (Å²) in [6.45, 7) is 6.98. The molecular weight excluding hydrogens is 240 g/mol. The Balaban J connectivity index is 1.94. The Kier molecular flexibility index (Phi) is 3.50. The number of anilines is 1. The van der Waals surface area contributed by atoms with Crippen molar-refractivity contribution in [1.29, 1.82) is 0 Å². The van der Waals surface area contributed by atoms with E-state index in [2.05, 4.69) is 33.5 Å². The number of rotatable bonds is 4. The van der Waals surface area contributed by atoms with Crippen molar-refractivity contribution in [1.82, 2.24) is 14.3 Å². The average Bonchev–Trinajstić information content (AvgIpc) is 2.83. The highest BCUT2D eigenvalue weighted by atomic mass is 32.1. The van der Waals surface area contributed by atoms with Crippen LogP contribution in [0.15, 0.2) is 6.20 Å². The van der Waals surface area contributed by atoms with Crippen LogP contribution < -0.4 is 5.32 Å². The number of nitrogens with one attached hydrogen (secondary N) is 1. The van der Waals surface area contributed by atoms with Crippen molar-refractivity contribution in [3.8, 4) is 0 Å². The van der Waals surface area contributed by atoms with Crippen LogP contribution in [0.5, 0.6) is 0 Å². The third kappa shape index (κ3) is 2.76. The fourth-order valence-electron chi connectivity index (χ4n) is 1.19. The SMILES string of the molecule is Cc1nsc(NCc2ncc(C(C)C)s2)n1. The van der Waals surface area contributed by atoms with Gasteiger partial charge in [0.15, 0.2) is 0 Å². The molecule has 0 saturated carbocycles. The Labute approximate surface area is 103 Å². The first kappa shape index (κ1) is 11.5. The number of hydrogen-bond acceptors (Lipinski definition) is 6. The summed E-state index contributed by atoms with van der Waals surface area (Å²) in [6, 6.07) is 0. The molecule has 0 saturated heterocycles. The monoisotopic (exact) mass is 254 g/mol. The predicted octanol–water partition coefficient (Wildman–Crippen LogP) is 3.04. The molecule has 0 spiro atoms. The van der Waals surface area contributed by atoms with Gasteiger partial charge in [0.05, 0.1) is 6.54 Å². The van der Waals surface area contributed by atoms with Crippen molar-refractivity contribution in [2.45, 2.75) is 33.2 Å². The van der Waals surface area contributed by atoms with E-state index in [1.165, 1.54) is 16.4 Å². The molecule has 86 valence electrons. The van der Waals surface area contributed by atoms with Crippen LogP contribution in [0.2, 0.25) is 0 Å². The maximum absolute atomic E-state index is 4.37. The highest BCUT2D eigenvalue weighted by molar-refractivity contribution is 7.11. The maximum Gasteiger partial charge on any atom is 0.202 e. The van der Waals surface area contributed by atoms with E-state index in [0.29, 0.717) is 5.92 Å². The van der Waals surface area contributed by atoms with Gasteiger partial charge in [-0.3, -0.25) is 0 Å². The molecular formula is C10H14N4S2. The Hall–Kier alpha value is -1.01. The molecule has 0 aliphatic carbocycles. The maximum atomic E-state index is 4.37. The fraction of sp³-hybridized carbons (Fsp3) is 0.500. The molecule has 2 aromatic rings. The summed E-state index contributed by atoms with van der Waals surface area (Å²) in [5, 5.41) is 5.18. The van der Waals surface area contributed by atoms with E-state index in [1.807, 2.05) is 13.1 Å². The van der Waals surface area contributed by atoms with Crippen LogP contribution in [0, 0.1) is 6.92 Å². The Morgan fingerprint density at radius 3 is 2.81 bits per heavy atom. The van der Waals surface area contributed by atoms with Gasteiger partial charge in [-0.25, -0.2) is 9.97 Å². The highest BCUT2D eigenvalue weighted by Gasteiger charge is 2.06. The van der Waals surface area contributed by atoms with E-state index in [4.69, 9.17) is 0 Å². The van der Waals surface area contributed by atoms with Gasteiger partial charge in [0.1, 0.15) is 10.8 Å². The van der Waals surface area contributed by atoms with E-state index in [0.717, 1.165) is 22.5 Å². The Bertz CT molecular complexity index is 461. The molecule has 0 aromatic carbocycles. The summed E-state index contributed by atoms with van der Waals surface area (Å²) in [6.07, 6.45) is 1.96. The smallest absolute Gasteiger partial charge is 0.202 e. The van der Waals surface area contributed by atoms with Crippen LogP contribution >= 0.6 is 22.9 Å². The second-order valence-corrected chi connectivity index (χ2v) is 5.71. The summed E-state index contributed by atoms with van der Waals surface area (Å²) < 4.78 is 4.11. The van der Waals surface area contributed by atoms with Crippen molar-refractivity contribution in [3.05, 3.63) is 21.9 Å². The molecule has 2 heterocycles. The van der Waals surface area contributed by atoms with Crippen LogP contribution in [-0.2, 0) is 6.54 Å². The first-order valence-corrected chi connectivity index (χ1v) is 6.73. The molecule has 0 fully saturated rings. The molecule has 0 amide bonds. The van der Waals surface area contributed by atoms with Gasteiger partial charge in [0.2, 0.25) is 5.13 Å². The molecule has 16 heavy (non-hydrogen) atoms. The number of aromatic nitrogens is 3. The number of hydrogen-bond donors (Lipinski definition) is 1. The van der Waals surface area contributed by atoms with E-state index in [1.54, 1.807) is 11.3 Å². The summed E-state index contributed by atoms with van der Waals surface area (Å²) in [5.74, 6) is 1.37. The number of thiazole rings is 1. The van der Waals surface area contributed by atoms with Crippen LogP contribution in [0.4, 0.5) is 5.13 Å². The molecule has 0 aliphatic rings. The predicted molar refractivity (Wildman–Crippen MR) is 68.2 cm³/mol. The van der Waals surface area contributed by atoms with Gasteiger partial charge in [-0.15, -0.1) is 11.3 Å². The zero-order valence-electron chi connectivity index (χ0n) is 9.52. The Morgan fingerprint density at radius 1 is 1.44 bits per heavy atom. The molecule has 0 atom stereocenters. The Morgan fingerprint density at radius 2 is 2.25 bits per heavy atom. The van der Waals surface area contributed by atoms with Crippen LogP contribution in [-0.4, -0.2) is 14.3 Å². The summed E-state index contributed by atoms with van der Waals surface area (Å²) >= 11 is 3.14. The minimum absolute atomic E-state index is 0.551. The van der Waals surface area contributed by atoms with Crippen molar-refractivity contribution in [2.24, 2.45) is 0 Å². The lowest BCUT2D eigenvalue weighted by Gasteiger charge is -1.98. The molecule has 2 rings (SSSR count). The fourth-order valence-corrected chi connectivity index (χ4v) is 2.63. The van der Waals surface area contributed by atoms with Crippen molar-refractivity contribution in [3.63, 3.8) is 0 Å². The van der Waals surface area contributed by atoms with E-state index in [9.17, 15) is 0 Å². The van der Waals surface area contributed by atoms with Crippen molar-refractivity contribution < 1.29 is 0 Å². The zero-order valence-corrected chi connectivity index (χ0v) is 11.2. The third-order valence-electron chi connectivity index (χ3n) is 2.06. The highest BCUT2D eigenvalue weighted by Crippen LogP contribution is 2.22. The number of aryl methyl sites for hydroxylation is 1. The van der Waals surface area contributed by atoms with E-state index < -0.39 is 0 Å². The molecule has 0 unspecified atom stereocenters. The average molecular weight is 254 g/mol. The van der Waals surface area contributed by atoms with E-state index in [-0.39, 0.29) is 0 Å². The minimum atomic E-state index is 0.551. The van der Waals surface area contributed by atoms with Crippen molar-refractivity contribution >= 4 is 28.0 Å². The molecule has 4 nitrogen and oxygen atoms in total. The standard InChI is InChI=1S/C10H14N4S2/c1-6(2)8-4-11-9(15-8)5-12-10-13-7(3)14-16-10/h4,6H,5H2,1-3H3,(H,12,13,14). The zero-order chi connectivity index (χ0) is 11.5. The first-order chi connectivity index (χ1) is 7.65. The van der Waals surface area contributed by atoms with Gasteiger partial charge in [-0.05, 0) is 12.8 Å². The van der Waals surface area contributed by atoms with Crippen LogP contribution in [0.25, 0.3) is 0 Å². The molecule has 1 N–H and O–H groups in total. The lowest BCUT2D eigenvalue weighted by molar-refractivity contribution is 0.885. The van der Waals surface area contributed by atoms with Gasteiger partial charge in [-0.2, -0.15) is 4.37 Å². The molecule has 0 radical (unpaired) electrons. The summed E-state index contributed by atoms with van der Waals surface area (Å²) in [4.78, 5) is 9.94. The largest absolute Gasteiger partial charge is 0.354 e. The summed E-state index contributed by atoms with van der Waals surface area (Å²) in [5.41, 5.74) is 0. The lowest BCUT2D eigenvalue weighted by Crippen LogP contribution is -1.97. The summed E-state index contributed by atoms with van der Waals surface area (Å²) in [7, 11) is 0. The topological polar surface area (TPSA) is 50.7 Å². The second kappa shape index (κ2) is 4.88. The third-order valence-corrected chi connectivity index (χ3v) is 4.12. The van der Waals surface area contributed by atoms with Gasteiger partial charge in [0, 0.05) is 22.6 Å².